The van der Waals surface area contributed by atoms with Crippen LogP contribution in [0.1, 0.15) is 33.1 Å². The van der Waals surface area contributed by atoms with Gasteiger partial charge in [0.15, 0.2) is 0 Å². The molecule has 1 spiro atoms. The highest BCUT2D eigenvalue weighted by atomic mass is 19.1. The maximum atomic E-state index is 13.3. The maximum absolute atomic E-state index is 13.3. The van der Waals surface area contributed by atoms with Crippen LogP contribution in [0.5, 0.6) is 0 Å². The van der Waals surface area contributed by atoms with E-state index in [1.54, 1.807) is 6.92 Å². The monoisotopic (exact) mass is 154 g/mol. The second-order valence-electron chi connectivity index (χ2n) is 4.61. The highest BCUT2D eigenvalue weighted by molar-refractivity contribution is 5.24. The van der Waals surface area contributed by atoms with Crippen LogP contribution in [0.2, 0.25) is 0 Å². The van der Waals surface area contributed by atoms with Gasteiger partial charge in [-0.1, -0.05) is 12.2 Å². The molecule has 0 saturated heterocycles. The van der Waals surface area contributed by atoms with Crippen LogP contribution in [-0.2, 0) is 0 Å². The Labute approximate surface area is 67.5 Å². The minimum absolute atomic E-state index is 0.0939. The average molecular weight is 154 g/mol. The lowest BCUT2D eigenvalue weighted by molar-refractivity contribution is 0.117. The van der Waals surface area contributed by atoms with E-state index in [0.29, 0.717) is 5.92 Å². The first-order valence-corrected chi connectivity index (χ1v) is 4.31. The molecular weight excluding hydrogens is 139 g/mol. The Balaban J connectivity index is 1.95. The van der Waals surface area contributed by atoms with E-state index < -0.39 is 5.67 Å². The molecule has 62 valence electrons. The lowest BCUT2D eigenvalue weighted by Crippen LogP contribution is -2.31. The Morgan fingerprint density at radius 3 is 2.27 bits per heavy atom. The topological polar surface area (TPSA) is 0 Å². The van der Waals surface area contributed by atoms with Gasteiger partial charge in [0, 0.05) is 5.41 Å². The first-order chi connectivity index (χ1) is 4.97. The molecule has 11 heavy (non-hydrogen) atoms. The molecule has 2 aliphatic carbocycles. The minimum atomic E-state index is -0.834. The van der Waals surface area contributed by atoms with E-state index in [4.69, 9.17) is 0 Å². The highest BCUT2D eigenvalue weighted by Gasteiger charge is 2.70. The summed E-state index contributed by atoms with van der Waals surface area (Å²) in [7, 11) is 0. The van der Waals surface area contributed by atoms with E-state index in [1.807, 2.05) is 0 Å². The van der Waals surface area contributed by atoms with Crippen LogP contribution < -0.4 is 0 Å². The van der Waals surface area contributed by atoms with Crippen molar-refractivity contribution < 1.29 is 4.39 Å². The zero-order chi connectivity index (χ0) is 8.28. The third kappa shape index (κ3) is 0.800. The van der Waals surface area contributed by atoms with Crippen LogP contribution in [0.3, 0.4) is 0 Å². The van der Waals surface area contributed by atoms with Gasteiger partial charge < -0.3 is 0 Å². The molecule has 2 rings (SSSR count). The van der Waals surface area contributed by atoms with Gasteiger partial charge in [0.05, 0.1) is 0 Å². The standard InChI is InChI=1S/C10H15F/c1-7(2)8-4-10(5-8)6-9(10,3)11/h8H,1,4-6H2,2-3H3/t8-,9?,10+. The number of alkyl halides is 1. The first-order valence-electron chi connectivity index (χ1n) is 4.31. The summed E-state index contributed by atoms with van der Waals surface area (Å²) in [6.07, 6.45) is 2.90. The predicted molar refractivity (Wildman–Crippen MR) is 44.1 cm³/mol. The third-order valence-corrected chi connectivity index (χ3v) is 3.62. The SMILES string of the molecule is C=C(C)[C@H]1C[C@]2(CC2(C)F)C1. The van der Waals surface area contributed by atoms with Crippen molar-refractivity contribution in [3.63, 3.8) is 0 Å². The predicted octanol–water partition coefficient (Wildman–Crippen LogP) is 3.09. The molecule has 0 radical (unpaired) electrons. The normalized spacial score (nSPS) is 53.9. The summed E-state index contributed by atoms with van der Waals surface area (Å²) in [5, 5.41) is 0. The van der Waals surface area contributed by atoms with Crippen molar-refractivity contribution in [3.05, 3.63) is 12.2 Å². The van der Waals surface area contributed by atoms with E-state index >= 15 is 0 Å². The molecule has 0 aromatic carbocycles. The lowest BCUT2D eigenvalue weighted by atomic mass is 9.67. The molecule has 0 aliphatic heterocycles. The number of hydrogen-bond acceptors (Lipinski definition) is 0. The van der Waals surface area contributed by atoms with Gasteiger partial charge in [0.25, 0.3) is 0 Å². The molecule has 0 heterocycles. The fourth-order valence-corrected chi connectivity index (χ4v) is 2.39. The Hall–Kier alpha value is -0.330. The van der Waals surface area contributed by atoms with Crippen LogP contribution in [0, 0.1) is 11.3 Å². The van der Waals surface area contributed by atoms with E-state index in [2.05, 4.69) is 13.5 Å². The summed E-state index contributed by atoms with van der Waals surface area (Å²) in [5.41, 5.74) is 0.494. The Morgan fingerprint density at radius 1 is 1.55 bits per heavy atom. The van der Waals surface area contributed by atoms with Crippen molar-refractivity contribution in [1.29, 1.82) is 0 Å². The van der Waals surface area contributed by atoms with Crippen LogP contribution in [-0.4, -0.2) is 5.67 Å². The summed E-state index contributed by atoms with van der Waals surface area (Å²) in [4.78, 5) is 0. The summed E-state index contributed by atoms with van der Waals surface area (Å²) in [6.45, 7) is 7.68. The van der Waals surface area contributed by atoms with E-state index in [1.165, 1.54) is 5.57 Å². The highest BCUT2D eigenvalue weighted by Crippen LogP contribution is 2.72. The number of allylic oxidation sites excluding steroid dienone is 1. The van der Waals surface area contributed by atoms with Crippen molar-refractivity contribution >= 4 is 0 Å². The van der Waals surface area contributed by atoms with Gasteiger partial charge in [0.1, 0.15) is 5.67 Å². The molecular formula is C10H15F. The zero-order valence-electron chi connectivity index (χ0n) is 7.28. The maximum Gasteiger partial charge on any atom is 0.114 e. The molecule has 0 nitrogen and oxygen atoms in total. The molecule has 0 N–H and O–H groups in total. The van der Waals surface area contributed by atoms with Gasteiger partial charge in [-0.25, -0.2) is 4.39 Å². The average Bonchev–Trinajstić information content (AvgIpc) is 2.29. The fourth-order valence-electron chi connectivity index (χ4n) is 2.39. The molecule has 2 fully saturated rings. The van der Waals surface area contributed by atoms with Crippen LogP contribution in [0.25, 0.3) is 0 Å². The van der Waals surface area contributed by atoms with Crippen molar-refractivity contribution in [2.24, 2.45) is 11.3 Å². The Kier molecular flexibility index (Phi) is 1.13. The van der Waals surface area contributed by atoms with Gasteiger partial charge in [0.2, 0.25) is 0 Å². The Morgan fingerprint density at radius 2 is 2.00 bits per heavy atom. The van der Waals surface area contributed by atoms with Crippen LogP contribution in [0.4, 0.5) is 4.39 Å². The molecule has 1 atom stereocenters. The fraction of sp³-hybridized carbons (Fsp3) is 0.800. The number of halogens is 1. The van der Waals surface area contributed by atoms with E-state index in [0.717, 1.165) is 19.3 Å². The molecule has 0 aromatic rings. The second-order valence-corrected chi connectivity index (χ2v) is 4.61. The van der Waals surface area contributed by atoms with Crippen molar-refractivity contribution in [2.45, 2.75) is 38.8 Å². The first kappa shape index (κ1) is 7.33. The van der Waals surface area contributed by atoms with Gasteiger partial charge in [-0.2, -0.15) is 0 Å². The molecule has 0 aromatic heterocycles. The molecule has 1 unspecified atom stereocenters. The smallest absolute Gasteiger partial charge is 0.114 e. The molecule has 0 bridgehead atoms. The quantitative estimate of drug-likeness (QED) is 0.509. The van der Waals surface area contributed by atoms with E-state index in [9.17, 15) is 4.39 Å². The zero-order valence-corrected chi connectivity index (χ0v) is 7.28. The summed E-state index contributed by atoms with van der Waals surface area (Å²) >= 11 is 0. The molecule has 1 heteroatoms. The third-order valence-electron chi connectivity index (χ3n) is 3.62. The van der Waals surface area contributed by atoms with Crippen LogP contribution >= 0.6 is 0 Å². The molecule has 2 aliphatic rings. The lowest BCUT2D eigenvalue weighted by Gasteiger charge is -2.37. The molecule has 2 saturated carbocycles. The van der Waals surface area contributed by atoms with Crippen molar-refractivity contribution in [2.75, 3.05) is 0 Å². The van der Waals surface area contributed by atoms with Crippen LogP contribution in [0.15, 0.2) is 12.2 Å². The van der Waals surface area contributed by atoms with Gasteiger partial charge in [-0.15, -0.1) is 0 Å². The minimum Gasteiger partial charge on any atom is -0.244 e. The number of hydrogen-bond donors (Lipinski definition) is 0. The number of rotatable bonds is 1. The summed E-state index contributed by atoms with van der Waals surface area (Å²) in [5.74, 6) is 0.618. The summed E-state index contributed by atoms with van der Waals surface area (Å²) in [6, 6.07) is 0. The largest absolute Gasteiger partial charge is 0.244 e. The van der Waals surface area contributed by atoms with Crippen molar-refractivity contribution in [3.8, 4) is 0 Å². The Bertz CT molecular complexity index is 209. The summed E-state index contributed by atoms with van der Waals surface area (Å²) < 4.78 is 13.3. The van der Waals surface area contributed by atoms with Gasteiger partial charge in [-0.3, -0.25) is 0 Å². The van der Waals surface area contributed by atoms with Crippen molar-refractivity contribution in [1.82, 2.24) is 0 Å². The van der Waals surface area contributed by atoms with Gasteiger partial charge >= 0.3 is 0 Å². The molecule has 0 amide bonds. The van der Waals surface area contributed by atoms with E-state index in [-0.39, 0.29) is 5.41 Å². The van der Waals surface area contributed by atoms with Gasteiger partial charge in [-0.05, 0) is 39.0 Å². The second kappa shape index (κ2) is 1.70.